The van der Waals surface area contributed by atoms with Crippen molar-refractivity contribution in [2.75, 3.05) is 17.2 Å². The van der Waals surface area contributed by atoms with Gasteiger partial charge in [-0.15, -0.1) is 0 Å². The van der Waals surface area contributed by atoms with Gasteiger partial charge in [-0.2, -0.15) is 4.57 Å². The fraction of sp³-hybridized carbons (Fsp3) is 0.0870. The summed E-state index contributed by atoms with van der Waals surface area (Å²) in [7, 11) is 0. The number of aryl methyl sites for hydroxylation is 1. The Hall–Kier alpha value is -3.53. The molecule has 4 aromatic rings. The number of aromatic nitrogens is 1. The summed E-state index contributed by atoms with van der Waals surface area (Å²) in [6.45, 7) is 2.97. The van der Waals surface area contributed by atoms with E-state index in [1.54, 1.807) is 0 Å². The van der Waals surface area contributed by atoms with Crippen LogP contribution >= 0.6 is 0 Å². The van der Waals surface area contributed by atoms with E-state index in [2.05, 4.69) is 35.8 Å². The van der Waals surface area contributed by atoms with Crippen molar-refractivity contribution in [3.63, 3.8) is 0 Å². The molecule has 4 rings (SSSR count). The Kier molecular flexibility index (Phi) is 4.16. The van der Waals surface area contributed by atoms with Crippen LogP contribution in [0.25, 0.3) is 33.8 Å². The molecule has 0 aliphatic rings. The zero-order valence-corrected chi connectivity index (χ0v) is 15.3. The molecule has 0 saturated heterocycles. The molecule has 134 valence electrons. The van der Waals surface area contributed by atoms with Crippen LogP contribution < -0.4 is 21.8 Å². The summed E-state index contributed by atoms with van der Waals surface area (Å²) in [5, 5.41) is 3.47. The first-order valence-electron chi connectivity index (χ1n) is 9.04. The van der Waals surface area contributed by atoms with Gasteiger partial charge in [-0.1, -0.05) is 18.2 Å². The van der Waals surface area contributed by atoms with Crippen LogP contribution in [0.4, 0.5) is 17.1 Å². The van der Waals surface area contributed by atoms with Crippen LogP contribution in [0.15, 0.2) is 60.7 Å². The minimum absolute atomic E-state index is 0.752. The van der Waals surface area contributed by atoms with E-state index in [0.29, 0.717) is 0 Å². The number of rotatable bonds is 3. The quantitative estimate of drug-likeness (QED) is 0.292. The van der Waals surface area contributed by atoms with E-state index < -0.39 is 0 Å². The maximum Gasteiger partial charge on any atom is 0.215 e. The minimum atomic E-state index is 0.752. The smallest absolute Gasteiger partial charge is 0.215 e. The molecule has 0 amide bonds. The lowest BCUT2D eigenvalue weighted by Gasteiger charge is -2.10. The van der Waals surface area contributed by atoms with Gasteiger partial charge in [-0.3, -0.25) is 0 Å². The first-order chi connectivity index (χ1) is 13.1. The van der Waals surface area contributed by atoms with Crippen molar-refractivity contribution in [2.45, 2.75) is 13.5 Å². The molecule has 0 atom stereocenters. The Morgan fingerprint density at radius 1 is 0.704 bits per heavy atom. The number of pyridine rings is 1. The fourth-order valence-electron chi connectivity index (χ4n) is 3.59. The van der Waals surface area contributed by atoms with Gasteiger partial charge in [-0.25, -0.2) is 0 Å². The zero-order chi connectivity index (χ0) is 19.0. The van der Waals surface area contributed by atoms with Gasteiger partial charge in [0.15, 0.2) is 0 Å². The van der Waals surface area contributed by atoms with Crippen molar-refractivity contribution in [2.24, 2.45) is 0 Å². The molecule has 6 N–H and O–H groups in total. The van der Waals surface area contributed by atoms with Crippen LogP contribution in [0.5, 0.6) is 0 Å². The predicted octanol–water partition coefficient (Wildman–Crippen LogP) is 4.22. The van der Waals surface area contributed by atoms with Gasteiger partial charge >= 0.3 is 0 Å². The molecule has 0 fully saturated rings. The van der Waals surface area contributed by atoms with Gasteiger partial charge in [0.25, 0.3) is 0 Å². The normalized spacial score (nSPS) is 11.6. The standard InChI is InChI=1S/C23H22N4/c1-2-27-22(12-5-15-3-6-16(24)7-4-15)21-13-17(25)8-10-19(21)20-11-9-18(26)14-23(20)27/h3-14H,2,25H2,1H3,(H3,24,26)/p+1. The third-order valence-corrected chi connectivity index (χ3v) is 4.90. The molecule has 27 heavy (non-hydrogen) atoms. The summed E-state index contributed by atoms with van der Waals surface area (Å²) in [5.74, 6) is 0. The minimum Gasteiger partial charge on any atom is -0.399 e. The molecule has 4 heteroatoms. The average Bonchev–Trinajstić information content (AvgIpc) is 2.66. The Balaban J connectivity index is 2.03. The van der Waals surface area contributed by atoms with Gasteiger partial charge in [0.05, 0.1) is 10.8 Å². The number of nitrogens with zero attached hydrogens (tertiary/aromatic N) is 1. The lowest BCUT2D eigenvalue weighted by molar-refractivity contribution is -0.668. The number of fused-ring (bicyclic) bond motifs is 3. The molecule has 0 bridgehead atoms. The first kappa shape index (κ1) is 16.9. The Bertz CT molecular complexity index is 1170. The number of anilines is 3. The van der Waals surface area contributed by atoms with Crippen LogP contribution in [0.1, 0.15) is 18.2 Å². The monoisotopic (exact) mass is 355 g/mol. The van der Waals surface area contributed by atoms with E-state index >= 15 is 0 Å². The summed E-state index contributed by atoms with van der Waals surface area (Å²) in [6.07, 6.45) is 4.24. The van der Waals surface area contributed by atoms with Crippen molar-refractivity contribution in [1.29, 1.82) is 0 Å². The Labute approximate surface area is 158 Å². The van der Waals surface area contributed by atoms with E-state index in [1.807, 2.05) is 48.5 Å². The van der Waals surface area contributed by atoms with Gasteiger partial charge in [0.1, 0.15) is 6.54 Å². The number of hydrogen-bond donors (Lipinski definition) is 3. The van der Waals surface area contributed by atoms with Gasteiger partial charge in [-0.05, 0) is 55.0 Å². The molecule has 0 unspecified atom stereocenters. The fourth-order valence-corrected chi connectivity index (χ4v) is 3.59. The molecular formula is C23H23N4+. The highest BCUT2D eigenvalue weighted by atomic mass is 15.0. The summed E-state index contributed by atoms with van der Waals surface area (Å²) in [5.41, 5.74) is 23.6. The van der Waals surface area contributed by atoms with Crippen molar-refractivity contribution in [3.8, 4) is 0 Å². The highest BCUT2D eigenvalue weighted by molar-refractivity contribution is 6.08. The van der Waals surface area contributed by atoms with E-state index in [0.717, 1.165) is 45.8 Å². The molecule has 0 spiro atoms. The topological polar surface area (TPSA) is 81.9 Å². The molecule has 1 aromatic heterocycles. The van der Waals surface area contributed by atoms with E-state index in [1.165, 1.54) is 10.8 Å². The zero-order valence-electron chi connectivity index (χ0n) is 15.3. The SMILES string of the molecule is CC[n+]1c(/C=C/c2ccc(N)cc2)c2cc(N)ccc2c2ccc(N)cc21. The maximum absolute atomic E-state index is 6.11. The summed E-state index contributed by atoms with van der Waals surface area (Å²) >= 11 is 0. The molecule has 0 aliphatic heterocycles. The molecular weight excluding hydrogens is 332 g/mol. The Morgan fingerprint density at radius 2 is 1.33 bits per heavy atom. The van der Waals surface area contributed by atoms with Crippen molar-refractivity contribution >= 4 is 50.9 Å². The van der Waals surface area contributed by atoms with Crippen LogP contribution in [0, 0.1) is 0 Å². The highest BCUT2D eigenvalue weighted by Gasteiger charge is 2.19. The van der Waals surface area contributed by atoms with Gasteiger partial charge in [0, 0.05) is 34.6 Å². The summed E-state index contributed by atoms with van der Waals surface area (Å²) in [6, 6.07) is 20.0. The van der Waals surface area contributed by atoms with Crippen LogP contribution in [-0.2, 0) is 6.54 Å². The Morgan fingerprint density at radius 3 is 2.04 bits per heavy atom. The number of nitrogens with two attached hydrogens (primary N) is 3. The van der Waals surface area contributed by atoms with Crippen LogP contribution in [0.3, 0.4) is 0 Å². The van der Waals surface area contributed by atoms with E-state index in [4.69, 9.17) is 17.2 Å². The number of benzene rings is 3. The molecule has 4 nitrogen and oxygen atoms in total. The predicted molar refractivity (Wildman–Crippen MR) is 116 cm³/mol. The molecule has 3 aromatic carbocycles. The molecule has 0 aliphatic carbocycles. The van der Waals surface area contributed by atoms with Crippen LogP contribution in [0.2, 0.25) is 0 Å². The van der Waals surface area contributed by atoms with Crippen molar-refractivity contribution in [3.05, 3.63) is 71.9 Å². The van der Waals surface area contributed by atoms with E-state index in [9.17, 15) is 0 Å². The second-order valence-electron chi connectivity index (χ2n) is 6.71. The molecule has 0 radical (unpaired) electrons. The van der Waals surface area contributed by atoms with Gasteiger partial charge in [0.2, 0.25) is 11.2 Å². The van der Waals surface area contributed by atoms with Crippen molar-refractivity contribution in [1.82, 2.24) is 0 Å². The third-order valence-electron chi connectivity index (χ3n) is 4.90. The molecule has 1 heterocycles. The van der Waals surface area contributed by atoms with E-state index in [-0.39, 0.29) is 0 Å². The maximum atomic E-state index is 6.11. The second kappa shape index (κ2) is 6.65. The van der Waals surface area contributed by atoms with Crippen LogP contribution in [-0.4, -0.2) is 0 Å². The lowest BCUT2D eigenvalue weighted by atomic mass is 10.0. The summed E-state index contributed by atoms with van der Waals surface area (Å²) in [4.78, 5) is 0. The van der Waals surface area contributed by atoms with Crippen molar-refractivity contribution < 1.29 is 4.57 Å². The second-order valence-corrected chi connectivity index (χ2v) is 6.71. The number of hydrogen-bond acceptors (Lipinski definition) is 3. The molecule has 0 saturated carbocycles. The average molecular weight is 355 g/mol. The number of nitrogen functional groups attached to an aromatic ring is 3. The van der Waals surface area contributed by atoms with Gasteiger partial charge < -0.3 is 17.2 Å². The first-order valence-corrected chi connectivity index (χ1v) is 9.04. The third kappa shape index (κ3) is 3.06. The highest BCUT2D eigenvalue weighted by Crippen LogP contribution is 2.29. The summed E-state index contributed by atoms with van der Waals surface area (Å²) < 4.78 is 2.28. The lowest BCUT2D eigenvalue weighted by Crippen LogP contribution is -2.37. The largest absolute Gasteiger partial charge is 0.399 e.